The van der Waals surface area contributed by atoms with Gasteiger partial charge in [0.2, 0.25) is 5.91 Å². The van der Waals surface area contributed by atoms with E-state index in [4.69, 9.17) is 5.73 Å². The van der Waals surface area contributed by atoms with Crippen LogP contribution >= 0.6 is 11.3 Å². The predicted molar refractivity (Wildman–Crippen MR) is 70.8 cm³/mol. The lowest BCUT2D eigenvalue weighted by Gasteiger charge is -2.28. The van der Waals surface area contributed by atoms with E-state index in [2.05, 4.69) is 11.4 Å². The average Bonchev–Trinajstić information content (AvgIpc) is 2.99. The Hall–Kier alpha value is -0.870. The van der Waals surface area contributed by atoms with Crippen LogP contribution in [0.3, 0.4) is 0 Å². The summed E-state index contributed by atoms with van der Waals surface area (Å²) in [5.41, 5.74) is 5.49. The Labute approximate surface area is 107 Å². The van der Waals surface area contributed by atoms with Crippen LogP contribution in [0, 0.1) is 0 Å². The lowest BCUT2D eigenvalue weighted by atomic mass is 10.2. The third-order valence-electron chi connectivity index (χ3n) is 3.35. The second-order valence-corrected chi connectivity index (χ2v) is 5.61. The molecule has 1 amide bonds. The fourth-order valence-corrected chi connectivity index (χ4v) is 3.18. The second-order valence-electron chi connectivity index (χ2n) is 4.58. The highest BCUT2D eigenvalue weighted by Crippen LogP contribution is 2.26. The number of carbonyl (C=O) groups excluding carboxylic acids is 1. The van der Waals surface area contributed by atoms with E-state index in [0.29, 0.717) is 19.0 Å². The largest absolute Gasteiger partial charge is 0.335 e. The molecule has 1 fully saturated rings. The van der Waals surface area contributed by atoms with E-state index in [1.165, 1.54) is 17.7 Å². The number of amides is 1. The van der Waals surface area contributed by atoms with E-state index in [0.717, 1.165) is 19.4 Å². The molecule has 0 unspecified atom stereocenters. The molecule has 94 valence electrons. The summed E-state index contributed by atoms with van der Waals surface area (Å²) in [6, 6.07) is 4.58. The lowest BCUT2D eigenvalue weighted by Crippen LogP contribution is -2.38. The first-order chi connectivity index (χ1) is 8.31. The molecule has 0 saturated heterocycles. The highest BCUT2D eigenvalue weighted by atomic mass is 32.1. The van der Waals surface area contributed by atoms with Gasteiger partial charge in [-0.2, -0.15) is 0 Å². The Balaban J connectivity index is 2.03. The maximum atomic E-state index is 12.1. The van der Waals surface area contributed by atoms with Gasteiger partial charge in [-0.1, -0.05) is 18.9 Å². The van der Waals surface area contributed by atoms with E-state index < -0.39 is 0 Å². The van der Waals surface area contributed by atoms with Crippen molar-refractivity contribution in [2.45, 2.75) is 44.7 Å². The van der Waals surface area contributed by atoms with Gasteiger partial charge in [-0.3, -0.25) is 4.79 Å². The van der Waals surface area contributed by atoms with Crippen molar-refractivity contribution in [3.8, 4) is 0 Å². The molecule has 0 aliphatic heterocycles. The van der Waals surface area contributed by atoms with Gasteiger partial charge in [-0.15, -0.1) is 11.3 Å². The number of rotatable bonds is 5. The summed E-state index contributed by atoms with van der Waals surface area (Å²) in [7, 11) is 0. The first-order valence-corrected chi connectivity index (χ1v) is 7.21. The molecule has 2 rings (SSSR count). The molecular formula is C13H20N2OS. The zero-order valence-electron chi connectivity index (χ0n) is 10.1. The van der Waals surface area contributed by atoms with Crippen LogP contribution < -0.4 is 5.73 Å². The molecule has 1 saturated carbocycles. The molecule has 0 aromatic carbocycles. The minimum Gasteiger partial charge on any atom is -0.335 e. The minimum absolute atomic E-state index is 0.216. The topological polar surface area (TPSA) is 46.3 Å². The highest BCUT2D eigenvalue weighted by molar-refractivity contribution is 7.09. The molecule has 1 aromatic rings. The van der Waals surface area contributed by atoms with Crippen molar-refractivity contribution in [3.05, 3.63) is 22.4 Å². The van der Waals surface area contributed by atoms with E-state index >= 15 is 0 Å². The predicted octanol–water partition coefficient (Wildman–Crippen LogP) is 2.37. The van der Waals surface area contributed by atoms with Gasteiger partial charge in [-0.25, -0.2) is 0 Å². The zero-order valence-corrected chi connectivity index (χ0v) is 10.9. The Morgan fingerprint density at radius 1 is 1.47 bits per heavy atom. The molecular weight excluding hydrogens is 232 g/mol. The van der Waals surface area contributed by atoms with Crippen LogP contribution in [0.4, 0.5) is 0 Å². The number of hydrogen-bond donors (Lipinski definition) is 1. The first kappa shape index (κ1) is 12.6. The molecule has 1 aliphatic rings. The van der Waals surface area contributed by atoms with Crippen LogP contribution in [-0.2, 0) is 11.3 Å². The van der Waals surface area contributed by atoms with Crippen molar-refractivity contribution in [2.24, 2.45) is 5.73 Å². The molecule has 1 aromatic heterocycles. The summed E-state index contributed by atoms with van der Waals surface area (Å²) < 4.78 is 0. The maximum absolute atomic E-state index is 12.1. The van der Waals surface area contributed by atoms with Gasteiger partial charge in [-0.05, 0) is 24.3 Å². The summed E-state index contributed by atoms with van der Waals surface area (Å²) >= 11 is 1.72. The quantitative estimate of drug-likeness (QED) is 0.874. The Morgan fingerprint density at radius 2 is 2.24 bits per heavy atom. The lowest BCUT2D eigenvalue weighted by molar-refractivity contribution is -0.133. The molecule has 0 radical (unpaired) electrons. The summed E-state index contributed by atoms with van der Waals surface area (Å²) in [6.07, 6.45) is 5.29. The molecule has 4 heteroatoms. The number of nitrogens with two attached hydrogens (primary N) is 1. The monoisotopic (exact) mass is 252 g/mol. The number of hydrogen-bond acceptors (Lipinski definition) is 3. The zero-order chi connectivity index (χ0) is 12.1. The molecule has 0 atom stereocenters. The van der Waals surface area contributed by atoms with Gasteiger partial charge in [0.1, 0.15) is 0 Å². The van der Waals surface area contributed by atoms with Crippen molar-refractivity contribution in [1.82, 2.24) is 4.90 Å². The minimum atomic E-state index is 0.216. The maximum Gasteiger partial charge on any atom is 0.224 e. The van der Waals surface area contributed by atoms with Crippen molar-refractivity contribution in [2.75, 3.05) is 6.54 Å². The van der Waals surface area contributed by atoms with Crippen LogP contribution in [0.15, 0.2) is 17.5 Å². The normalized spacial score (nSPS) is 16.3. The second kappa shape index (κ2) is 6.17. The fraction of sp³-hybridized carbons (Fsp3) is 0.615. The molecule has 17 heavy (non-hydrogen) atoms. The van der Waals surface area contributed by atoms with Gasteiger partial charge >= 0.3 is 0 Å². The number of carbonyl (C=O) groups is 1. The van der Waals surface area contributed by atoms with Crippen molar-refractivity contribution < 1.29 is 4.79 Å². The van der Waals surface area contributed by atoms with Crippen molar-refractivity contribution in [1.29, 1.82) is 0 Å². The third kappa shape index (κ3) is 3.30. The summed E-state index contributed by atoms with van der Waals surface area (Å²) in [4.78, 5) is 15.4. The van der Waals surface area contributed by atoms with E-state index in [-0.39, 0.29) is 5.91 Å². The molecule has 2 N–H and O–H groups in total. The standard InChI is InChI=1S/C13H20N2OS/c14-8-7-13(16)15(11-4-1-2-5-11)10-12-6-3-9-17-12/h3,6,9,11H,1-2,4-5,7-8,10,14H2. The van der Waals surface area contributed by atoms with Crippen LogP contribution in [-0.4, -0.2) is 23.4 Å². The Bertz CT molecular complexity index is 344. The smallest absolute Gasteiger partial charge is 0.224 e. The van der Waals surface area contributed by atoms with Gasteiger partial charge in [0.25, 0.3) is 0 Å². The molecule has 0 spiro atoms. The van der Waals surface area contributed by atoms with Gasteiger partial charge in [0, 0.05) is 23.9 Å². The molecule has 1 aliphatic carbocycles. The Kier molecular flexibility index (Phi) is 4.57. The van der Waals surface area contributed by atoms with Gasteiger partial charge in [0.05, 0.1) is 6.54 Å². The van der Waals surface area contributed by atoms with E-state index in [1.54, 1.807) is 11.3 Å². The average molecular weight is 252 g/mol. The first-order valence-electron chi connectivity index (χ1n) is 6.33. The molecule has 1 heterocycles. The number of thiophene rings is 1. The highest BCUT2D eigenvalue weighted by Gasteiger charge is 2.26. The summed E-state index contributed by atoms with van der Waals surface area (Å²) in [5.74, 6) is 0.216. The van der Waals surface area contributed by atoms with E-state index in [1.807, 2.05) is 11.0 Å². The Morgan fingerprint density at radius 3 is 2.82 bits per heavy atom. The number of nitrogens with zero attached hydrogens (tertiary/aromatic N) is 1. The fourth-order valence-electron chi connectivity index (χ4n) is 2.47. The SMILES string of the molecule is NCCC(=O)N(Cc1cccs1)C1CCCC1. The van der Waals surface area contributed by atoms with Crippen molar-refractivity contribution in [3.63, 3.8) is 0 Å². The molecule has 0 bridgehead atoms. The van der Waals surface area contributed by atoms with Gasteiger partial charge in [0.15, 0.2) is 0 Å². The molecule has 3 nitrogen and oxygen atoms in total. The third-order valence-corrected chi connectivity index (χ3v) is 4.21. The van der Waals surface area contributed by atoms with Crippen LogP contribution in [0.2, 0.25) is 0 Å². The summed E-state index contributed by atoms with van der Waals surface area (Å²) in [6.45, 7) is 1.22. The van der Waals surface area contributed by atoms with Crippen molar-refractivity contribution >= 4 is 17.2 Å². The van der Waals surface area contributed by atoms with E-state index in [9.17, 15) is 4.79 Å². The van der Waals surface area contributed by atoms with Gasteiger partial charge < -0.3 is 10.6 Å². The summed E-state index contributed by atoms with van der Waals surface area (Å²) in [5, 5.41) is 2.07. The van der Waals surface area contributed by atoms with Crippen LogP contribution in [0.25, 0.3) is 0 Å². The van der Waals surface area contributed by atoms with Crippen LogP contribution in [0.5, 0.6) is 0 Å². The van der Waals surface area contributed by atoms with Crippen LogP contribution in [0.1, 0.15) is 37.0 Å².